The molecule has 0 amide bonds. The van der Waals surface area contributed by atoms with Crippen molar-refractivity contribution < 1.29 is 9.53 Å². The Hall–Kier alpha value is -3.27. The molecular formula is C15H15N5O2. The van der Waals surface area contributed by atoms with E-state index in [0.717, 1.165) is 5.56 Å². The lowest BCUT2D eigenvalue weighted by molar-refractivity contribution is -0.138. The molecule has 0 radical (unpaired) electrons. The molecule has 7 heteroatoms. The summed E-state index contributed by atoms with van der Waals surface area (Å²) in [6.07, 6.45) is 2.86. The van der Waals surface area contributed by atoms with Crippen molar-refractivity contribution in [3.05, 3.63) is 48.3 Å². The summed E-state index contributed by atoms with van der Waals surface area (Å²) in [6, 6.07) is 11.3. The van der Waals surface area contributed by atoms with Crippen LogP contribution < -0.4 is 11.2 Å². The average molecular weight is 297 g/mol. The van der Waals surface area contributed by atoms with E-state index in [1.165, 1.54) is 10.9 Å². The van der Waals surface area contributed by atoms with Crippen LogP contribution in [0.4, 0.5) is 5.95 Å². The number of nitrogens with zero attached hydrogens (tertiary/aromatic N) is 3. The highest BCUT2D eigenvalue weighted by Crippen LogP contribution is 2.19. The van der Waals surface area contributed by atoms with E-state index in [0.29, 0.717) is 11.6 Å². The first-order valence-corrected chi connectivity index (χ1v) is 6.59. The number of hydrogen-bond acceptors (Lipinski definition) is 6. The largest absolute Gasteiger partial charge is 0.462 e. The number of esters is 1. The predicted octanol–water partition coefficient (Wildman–Crippen LogP) is 1.65. The van der Waals surface area contributed by atoms with E-state index in [4.69, 9.17) is 15.8 Å². The van der Waals surface area contributed by atoms with Gasteiger partial charge in [-0.1, -0.05) is 30.3 Å². The number of imidazole rings is 1. The molecule has 1 aromatic heterocycles. The third kappa shape index (κ3) is 3.43. The number of nitriles is 1. The monoisotopic (exact) mass is 297 g/mol. The maximum atomic E-state index is 11.5. The second-order valence-corrected chi connectivity index (χ2v) is 4.26. The molecule has 1 aromatic carbocycles. The molecule has 0 aliphatic heterocycles. The topological polar surface area (TPSA) is 106 Å². The van der Waals surface area contributed by atoms with Crippen molar-refractivity contribution in [2.45, 2.75) is 6.92 Å². The van der Waals surface area contributed by atoms with E-state index >= 15 is 0 Å². The minimum atomic E-state index is -0.698. The molecular weight excluding hydrogens is 282 g/mol. The zero-order chi connectivity index (χ0) is 15.9. The molecule has 2 aromatic rings. The number of rotatable bonds is 5. The van der Waals surface area contributed by atoms with E-state index in [9.17, 15) is 4.79 Å². The minimum Gasteiger partial charge on any atom is -0.462 e. The fourth-order valence-electron chi connectivity index (χ4n) is 1.73. The van der Waals surface area contributed by atoms with Gasteiger partial charge in [0.15, 0.2) is 5.57 Å². The van der Waals surface area contributed by atoms with Crippen LogP contribution in [0, 0.1) is 11.3 Å². The zero-order valence-electron chi connectivity index (χ0n) is 12.0. The van der Waals surface area contributed by atoms with E-state index in [1.54, 1.807) is 19.2 Å². The molecule has 2 rings (SSSR count). The number of ether oxygens (including phenoxy) is 1. The van der Waals surface area contributed by atoms with Crippen LogP contribution in [0.25, 0.3) is 11.3 Å². The van der Waals surface area contributed by atoms with Crippen LogP contribution in [-0.2, 0) is 9.53 Å². The standard InChI is InChI=1S/C15H15N5O2/c1-2-22-14(21)12(8-16)9-18-15-19-13(10-20(15)17)11-6-4-3-5-7-11/h3-7,9-10H,2,17H2,1H3,(H,18,19)/b12-9-. The van der Waals surface area contributed by atoms with Gasteiger partial charge in [-0.15, -0.1) is 0 Å². The Labute approximate surface area is 127 Å². The van der Waals surface area contributed by atoms with E-state index in [-0.39, 0.29) is 12.2 Å². The number of carbonyl (C=O) groups excluding carboxylic acids is 1. The first kappa shape index (κ1) is 15.1. The summed E-state index contributed by atoms with van der Waals surface area (Å²) in [5, 5.41) is 11.7. The molecule has 0 saturated carbocycles. The Bertz CT molecular complexity index is 728. The molecule has 1 heterocycles. The van der Waals surface area contributed by atoms with Crippen LogP contribution in [0.3, 0.4) is 0 Å². The van der Waals surface area contributed by atoms with Crippen molar-refractivity contribution in [1.82, 2.24) is 9.66 Å². The molecule has 0 fully saturated rings. The van der Waals surface area contributed by atoms with Crippen LogP contribution in [0.2, 0.25) is 0 Å². The molecule has 3 N–H and O–H groups in total. The normalized spacial score (nSPS) is 10.8. The Morgan fingerprint density at radius 3 is 2.86 bits per heavy atom. The van der Waals surface area contributed by atoms with Crippen LogP contribution in [0.5, 0.6) is 0 Å². The third-order valence-electron chi connectivity index (χ3n) is 2.76. The van der Waals surface area contributed by atoms with Gasteiger partial charge in [-0.2, -0.15) is 5.26 Å². The van der Waals surface area contributed by atoms with Crippen LogP contribution in [0.15, 0.2) is 48.3 Å². The lowest BCUT2D eigenvalue weighted by Gasteiger charge is -2.02. The van der Waals surface area contributed by atoms with E-state index in [1.807, 2.05) is 30.3 Å². The van der Waals surface area contributed by atoms with Gasteiger partial charge in [0.25, 0.3) is 0 Å². The molecule has 0 spiro atoms. The van der Waals surface area contributed by atoms with Gasteiger partial charge >= 0.3 is 5.97 Å². The Morgan fingerprint density at radius 2 is 2.23 bits per heavy atom. The average Bonchev–Trinajstić information content (AvgIpc) is 2.90. The summed E-state index contributed by atoms with van der Waals surface area (Å²) in [7, 11) is 0. The fraction of sp³-hybridized carbons (Fsp3) is 0.133. The lowest BCUT2D eigenvalue weighted by Crippen LogP contribution is -2.12. The van der Waals surface area contributed by atoms with Gasteiger partial charge in [0.2, 0.25) is 5.95 Å². The fourth-order valence-corrected chi connectivity index (χ4v) is 1.73. The van der Waals surface area contributed by atoms with E-state index < -0.39 is 5.97 Å². The summed E-state index contributed by atoms with van der Waals surface area (Å²) in [5.41, 5.74) is 1.42. The molecule has 0 aliphatic rings. The third-order valence-corrected chi connectivity index (χ3v) is 2.76. The van der Waals surface area contributed by atoms with Crippen molar-refractivity contribution >= 4 is 11.9 Å². The number of nitrogens with two attached hydrogens (primary N) is 1. The number of hydrogen-bond donors (Lipinski definition) is 2. The van der Waals surface area contributed by atoms with Crippen molar-refractivity contribution in [1.29, 1.82) is 5.26 Å². The predicted molar refractivity (Wildman–Crippen MR) is 81.8 cm³/mol. The molecule has 0 aliphatic carbocycles. The Kier molecular flexibility index (Phi) is 4.78. The molecule has 0 unspecified atom stereocenters. The molecule has 112 valence electrons. The number of nitrogen functional groups attached to an aromatic ring is 1. The van der Waals surface area contributed by atoms with Gasteiger partial charge in [-0.05, 0) is 6.92 Å². The first-order valence-electron chi connectivity index (χ1n) is 6.59. The molecule has 0 saturated heterocycles. The smallest absolute Gasteiger partial charge is 0.350 e. The van der Waals surface area contributed by atoms with Crippen LogP contribution >= 0.6 is 0 Å². The highest BCUT2D eigenvalue weighted by Gasteiger charge is 2.11. The van der Waals surface area contributed by atoms with Crippen molar-refractivity contribution in [2.75, 3.05) is 17.8 Å². The summed E-state index contributed by atoms with van der Waals surface area (Å²) < 4.78 is 6.04. The maximum absolute atomic E-state index is 11.5. The number of carbonyl (C=O) groups is 1. The maximum Gasteiger partial charge on any atom is 0.350 e. The summed E-state index contributed by atoms with van der Waals surface area (Å²) in [6.45, 7) is 1.86. The number of benzene rings is 1. The van der Waals surface area contributed by atoms with E-state index in [2.05, 4.69) is 10.3 Å². The number of anilines is 1. The summed E-state index contributed by atoms with van der Waals surface area (Å²) in [4.78, 5) is 15.8. The van der Waals surface area contributed by atoms with Gasteiger partial charge < -0.3 is 15.9 Å². The Morgan fingerprint density at radius 1 is 1.50 bits per heavy atom. The van der Waals surface area contributed by atoms with Crippen molar-refractivity contribution in [3.63, 3.8) is 0 Å². The summed E-state index contributed by atoms with van der Waals surface area (Å²) in [5.74, 6) is 5.41. The summed E-state index contributed by atoms with van der Waals surface area (Å²) >= 11 is 0. The second kappa shape index (κ2) is 6.95. The van der Waals surface area contributed by atoms with Crippen molar-refractivity contribution in [2.24, 2.45) is 0 Å². The van der Waals surface area contributed by atoms with Gasteiger partial charge in [0.1, 0.15) is 6.07 Å². The highest BCUT2D eigenvalue weighted by molar-refractivity contribution is 5.93. The van der Waals surface area contributed by atoms with Crippen LogP contribution in [0.1, 0.15) is 6.92 Å². The lowest BCUT2D eigenvalue weighted by atomic mass is 10.2. The molecule has 22 heavy (non-hydrogen) atoms. The molecule has 0 bridgehead atoms. The first-order chi connectivity index (χ1) is 10.7. The van der Waals surface area contributed by atoms with Gasteiger partial charge in [-0.25, -0.2) is 14.5 Å². The second-order valence-electron chi connectivity index (χ2n) is 4.26. The van der Waals surface area contributed by atoms with Gasteiger partial charge in [0, 0.05) is 11.8 Å². The zero-order valence-corrected chi connectivity index (χ0v) is 12.0. The van der Waals surface area contributed by atoms with Gasteiger partial charge in [-0.3, -0.25) is 0 Å². The van der Waals surface area contributed by atoms with Gasteiger partial charge in [0.05, 0.1) is 18.5 Å². The highest BCUT2D eigenvalue weighted by atomic mass is 16.5. The Balaban J connectivity index is 2.19. The quantitative estimate of drug-likeness (QED) is 0.376. The molecule has 0 atom stereocenters. The number of nitrogens with one attached hydrogen (secondary N) is 1. The molecule has 7 nitrogen and oxygen atoms in total. The number of aromatic nitrogens is 2. The van der Waals surface area contributed by atoms with Crippen LogP contribution in [-0.4, -0.2) is 22.2 Å². The van der Waals surface area contributed by atoms with Crippen molar-refractivity contribution in [3.8, 4) is 17.3 Å². The SMILES string of the molecule is CCOC(=O)/C(C#N)=C\Nc1nc(-c2ccccc2)cn1N. The minimum absolute atomic E-state index is 0.161.